The summed E-state index contributed by atoms with van der Waals surface area (Å²) in [5, 5.41) is 0. The monoisotopic (exact) mass is 278 g/mol. The van der Waals surface area contributed by atoms with Crippen molar-refractivity contribution in [3.63, 3.8) is 0 Å². The van der Waals surface area contributed by atoms with E-state index in [2.05, 4.69) is 48.5 Å². The molecule has 1 aliphatic rings. The van der Waals surface area contributed by atoms with Crippen LogP contribution in [0.1, 0.15) is 74.1 Å². The lowest BCUT2D eigenvalue weighted by molar-refractivity contribution is -0.132. The summed E-state index contributed by atoms with van der Waals surface area (Å²) in [5.41, 5.74) is 1.65. The molecule has 0 saturated carbocycles. The SMILES string of the molecule is CCCCC1C(=O)CC(C(C)(C)C)=C(C(C)(C)C)C1=O. The average Bonchev–Trinajstić information content (AvgIpc) is 2.24. The molecule has 0 aromatic rings. The van der Waals surface area contributed by atoms with Crippen LogP contribution < -0.4 is 0 Å². The van der Waals surface area contributed by atoms with E-state index < -0.39 is 5.92 Å². The molecule has 1 unspecified atom stereocenters. The van der Waals surface area contributed by atoms with Gasteiger partial charge in [-0.2, -0.15) is 0 Å². The van der Waals surface area contributed by atoms with Gasteiger partial charge in [0.05, 0.1) is 5.92 Å². The molecule has 0 heterocycles. The molecule has 1 aliphatic carbocycles. The number of Topliss-reactive ketones (excluding diaryl/α,β-unsaturated/α-hetero) is 2. The van der Waals surface area contributed by atoms with Gasteiger partial charge in [-0.15, -0.1) is 0 Å². The van der Waals surface area contributed by atoms with Gasteiger partial charge in [0.2, 0.25) is 0 Å². The van der Waals surface area contributed by atoms with Gasteiger partial charge in [0.25, 0.3) is 0 Å². The van der Waals surface area contributed by atoms with Crippen molar-refractivity contribution in [2.24, 2.45) is 16.7 Å². The molecule has 0 fully saturated rings. The van der Waals surface area contributed by atoms with E-state index in [9.17, 15) is 9.59 Å². The van der Waals surface area contributed by atoms with Crippen LogP contribution in [0.25, 0.3) is 0 Å². The van der Waals surface area contributed by atoms with Gasteiger partial charge in [-0.3, -0.25) is 9.59 Å². The van der Waals surface area contributed by atoms with Gasteiger partial charge in [0.15, 0.2) is 5.78 Å². The predicted molar refractivity (Wildman–Crippen MR) is 83.6 cm³/mol. The Labute approximate surface area is 124 Å². The largest absolute Gasteiger partial charge is 0.299 e. The van der Waals surface area contributed by atoms with E-state index in [0.29, 0.717) is 12.8 Å². The minimum Gasteiger partial charge on any atom is -0.299 e. The van der Waals surface area contributed by atoms with E-state index in [1.165, 1.54) is 0 Å². The maximum atomic E-state index is 12.9. The van der Waals surface area contributed by atoms with Crippen molar-refractivity contribution in [2.75, 3.05) is 0 Å². The van der Waals surface area contributed by atoms with Crippen LogP contribution in [0.2, 0.25) is 0 Å². The highest BCUT2D eigenvalue weighted by Crippen LogP contribution is 2.44. The molecular weight excluding hydrogens is 248 g/mol. The van der Waals surface area contributed by atoms with Crippen LogP contribution in [0.3, 0.4) is 0 Å². The standard InChI is InChI=1S/C18H30O2/c1-8-9-10-12-14(19)11-13(17(2,3)4)15(16(12)20)18(5,6)7/h12H,8-11H2,1-7H3. The van der Waals surface area contributed by atoms with E-state index in [-0.39, 0.29) is 22.4 Å². The molecule has 114 valence electrons. The molecule has 0 aromatic heterocycles. The molecule has 2 nitrogen and oxygen atoms in total. The van der Waals surface area contributed by atoms with E-state index in [0.717, 1.165) is 24.0 Å². The summed E-state index contributed by atoms with van der Waals surface area (Å²) in [4.78, 5) is 25.3. The number of carbonyl (C=O) groups is 2. The van der Waals surface area contributed by atoms with Crippen molar-refractivity contribution in [1.29, 1.82) is 0 Å². The van der Waals surface area contributed by atoms with Gasteiger partial charge in [0.1, 0.15) is 5.78 Å². The summed E-state index contributed by atoms with van der Waals surface area (Å²) < 4.78 is 0. The fraction of sp³-hybridized carbons (Fsp3) is 0.778. The number of carbonyl (C=O) groups excluding carboxylic acids is 2. The molecule has 0 aliphatic heterocycles. The molecule has 0 N–H and O–H groups in total. The summed E-state index contributed by atoms with van der Waals surface area (Å²) in [6, 6.07) is 0. The zero-order valence-electron chi connectivity index (χ0n) is 14.2. The number of rotatable bonds is 3. The zero-order valence-corrected chi connectivity index (χ0v) is 14.2. The van der Waals surface area contributed by atoms with Crippen molar-refractivity contribution < 1.29 is 9.59 Å². The molecule has 0 spiro atoms. The summed E-state index contributed by atoms with van der Waals surface area (Å²) in [6.07, 6.45) is 3.14. The Hall–Kier alpha value is -0.920. The van der Waals surface area contributed by atoms with Gasteiger partial charge in [-0.25, -0.2) is 0 Å². The molecule has 1 rings (SSSR count). The Balaban J connectivity index is 3.31. The summed E-state index contributed by atoms with van der Waals surface area (Å²) in [6.45, 7) is 14.6. The Morgan fingerprint density at radius 3 is 1.95 bits per heavy atom. The van der Waals surface area contributed by atoms with Crippen molar-refractivity contribution in [2.45, 2.75) is 74.1 Å². The smallest absolute Gasteiger partial charge is 0.169 e. The Bertz CT molecular complexity index is 427. The topological polar surface area (TPSA) is 34.1 Å². The highest BCUT2D eigenvalue weighted by Gasteiger charge is 2.42. The van der Waals surface area contributed by atoms with Gasteiger partial charge < -0.3 is 0 Å². The Morgan fingerprint density at radius 1 is 1.00 bits per heavy atom. The van der Waals surface area contributed by atoms with Crippen LogP contribution >= 0.6 is 0 Å². The Kier molecular flexibility index (Phi) is 4.99. The van der Waals surface area contributed by atoms with Crippen molar-refractivity contribution in [1.82, 2.24) is 0 Å². The van der Waals surface area contributed by atoms with Gasteiger partial charge in [-0.05, 0) is 17.3 Å². The van der Waals surface area contributed by atoms with Crippen LogP contribution in [-0.2, 0) is 9.59 Å². The minimum atomic E-state index is -0.393. The third-order valence-corrected chi connectivity index (χ3v) is 4.11. The summed E-state index contributed by atoms with van der Waals surface area (Å²) in [7, 11) is 0. The van der Waals surface area contributed by atoms with Crippen molar-refractivity contribution >= 4 is 11.6 Å². The zero-order chi connectivity index (χ0) is 15.7. The van der Waals surface area contributed by atoms with Crippen LogP contribution in [0, 0.1) is 16.7 Å². The first kappa shape index (κ1) is 17.1. The molecule has 0 radical (unpaired) electrons. The van der Waals surface area contributed by atoms with Crippen molar-refractivity contribution in [3.05, 3.63) is 11.1 Å². The maximum Gasteiger partial charge on any atom is 0.169 e. The lowest BCUT2D eigenvalue weighted by Crippen LogP contribution is -2.38. The van der Waals surface area contributed by atoms with Crippen LogP contribution in [0.15, 0.2) is 11.1 Å². The third-order valence-electron chi connectivity index (χ3n) is 4.11. The number of unbranched alkanes of at least 4 members (excludes halogenated alkanes) is 1. The van der Waals surface area contributed by atoms with Gasteiger partial charge in [0, 0.05) is 12.0 Å². The van der Waals surface area contributed by atoms with E-state index >= 15 is 0 Å². The second kappa shape index (κ2) is 5.83. The van der Waals surface area contributed by atoms with Crippen LogP contribution in [0.5, 0.6) is 0 Å². The molecule has 2 heteroatoms. The first-order valence-electron chi connectivity index (χ1n) is 7.81. The first-order valence-corrected chi connectivity index (χ1v) is 7.81. The van der Waals surface area contributed by atoms with E-state index in [4.69, 9.17) is 0 Å². The molecule has 1 atom stereocenters. The average molecular weight is 278 g/mol. The lowest BCUT2D eigenvalue weighted by atomic mass is 9.65. The minimum absolute atomic E-state index is 0.0899. The van der Waals surface area contributed by atoms with Gasteiger partial charge >= 0.3 is 0 Å². The number of hydrogen-bond donors (Lipinski definition) is 0. The first-order chi connectivity index (χ1) is 9.00. The van der Waals surface area contributed by atoms with Crippen LogP contribution in [0.4, 0.5) is 0 Å². The molecule has 0 saturated heterocycles. The number of allylic oxidation sites excluding steroid dienone is 2. The quantitative estimate of drug-likeness (QED) is 0.700. The molecule has 0 amide bonds. The number of ketones is 2. The molecule has 0 aromatic carbocycles. The second-order valence-electron chi connectivity index (χ2n) is 8.06. The normalized spacial score (nSPS) is 21.6. The fourth-order valence-corrected chi connectivity index (χ4v) is 3.02. The molecule has 0 bridgehead atoms. The highest BCUT2D eigenvalue weighted by atomic mass is 16.2. The van der Waals surface area contributed by atoms with Crippen molar-refractivity contribution in [3.8, 4) is 0 Å². The second-order valence-corrected chi connectivity index (χ2v) is 8.06. The lowest BCUT2D eigenvalue weighted by Gasteiger charge is -2.37. The van der Waals surface area contributed by atoms with Gasteiger partial charge in [-0.1, -0.05) is 66.9 Å². The van der Waals surface area contributed by atoms with E-state index in [1.54, 1.807) is 0 Å². The highest BCUT2D eigenvalue weighted by molar-refractivity contribution is 6.14. The fourth-order valence-electron chi connectivity index (χ4n) is 3.02. The Morgan fingerprint density at radius 2 is 1.55 bits per heavy atom. The maximum absolute atomic E-state index is 12.9. The number of hydrogen-bond acceptors (Lipinski definition) is 2. The van der Waals surface area contributed by atoms with Crippen LogP contribution in [-0.4, -0.2) is 11.6 Å². The molecular formula is C18H30O2. The molecule has 20 heavy (non-hydrogen) atoms. The van der Waals surface area contributed by atoms with E-state index in [1.807, 2.05) is 0 Å². The predicted octanol–water partition coefficient (Wildman–Crippen LogP) is 4.72. The third kappa shape index (κ3) is 3.59. The summed E-state index contributed by atoms with van der Waals surface area (Å²) in [5.74, 6) is -0.177. The summed E-state index contributed by atoms with van der Waals surface area (Å²) >= 11 is 0.